The molecule has 0 radical (unpaired) electrons. The van der Waals surface area contributed by atoms with Gasteiger partial charge >= 0.3 is 6.61 Å². The van der Waals surface area contributed by atoms with Gasteiger partial charge in [-0.3, -0.25) is 4.79 Å². The fourth-order valence-corrected chi connectivity index (χ4v) is 1.93. The third-order valence-corrected chi connectivity index (χ3v) is 3.02. The zero-order valence-electron chi connectivity index (χ0n) is 12.2. The van der Waals surface area contributed by atoms with E-state index in [4.69, 9.17) is 0 Å². The third-order valence-electron chi connectivity index (χ3n) is 3.02. The fraction of sp³-hybridized carbons (Fsp3) is 0.250. The zero-order valence-corrected chi connectivity index (χ0v) is 12.2. The van der Waals surface area contributed by atoms with E-state index < -0.39 is 6.61 Å². The van der Waals surface area contributed by atoms with E-state index in [1.165, 1.54) is 30.3 Å². The smallest absolute Gasteiger partial charge is 0.387 e. The highest BCUT2D eigenvalue weighted by molar-refractivity contribution is 6.06. The third kappa shape index (κ3) is 4.00. The van der Waals surface area contributed by atoms with Crippen LogP contribution in [-0.4, -0.2) is 21.9 Å². The average molecular weight is 306 g/mol. The van der Waals surface area contributed by atoms with Gasteiger partial charge < -0.3 is 9.30 Å². The van der Waals surface area contributed by atoms with Crippen molar-refractivity contribution in [3.63, 3.8) is 0 Å². The van der Waals surface area contributed by atoms with Crippen molar-refractivity contribution in [2.75, 3.05) is 0 Å². The van der Waals surface area contributed by atoms with Crippen molar-refractivity contribution in [2.45, 2.75) is 26.5 Å². The van der Waals surface area contributed by atoms with Crippen LogP contribution >= 0.6 is 0 Å². The Kier molecular flexibility index (Phi) is 5.04. The largest absolute Gasteiger partial charge is 0.435 e. The molecule has 4 nitrogen and oxygen atoms in total. The molecule has 1 aromatic carbocycles. The average Bonchev–Trinajstić information content (AvgIpc) is 2.93. The summed E-state index contributed by atoms with van der Waals surface area (Å²) in [6.45, 7) is 1.16. The maximum atomic E-state index is 12.1. The van der Waals surface area contributed by atoms with E-state index in [0.29, 0.717) is 5.56 Å². The first-order chi connectivity index (χ1) is 10.5. The van der Waals surface area contributed by atoms with E-state index in [1.807, 2.05) is 18.4 Å². The number of aromatic nitrogens is 2. The summed E-state index contributed by atoms with van der Waals surface area (Å²) in [6.07, 6.45) is 6.48. The van der Waals surface area contributed by atoms with Gasteiger partial charge in [-0.05, 0) is 50.3 Å². The molecule has 0 amide bonds. The van der Waals surface area contributed by atoms with Crippen LogP contribution < -0.4 is 4.74 Å². The molecule has 1 heterocycles. The predicted molar refractivity (Wildman–Crippen MR) is 79.1 cm³/mol. The number of nitrogens with zero attached hydrogens (tertiary/aromatic N) is 2. The molecule has 0 saturated carbocycles. The molecule has 0 spiro atoms. The first-order valence-electron chi connectivity index (χ1n) is 6.76. The number of allylic oxidation sites excluding steroid dienone is 1. The van der Waals surface area contributed by atoms with Gasteiger partial charge in [-0.15, -0.1) is 0 Å². The Bertz CT molecular complexity index is 661. The summed E-state index contributed by atoms with van der Waals surface area (Å²) in [5.74, 6) is -0.200. The quantitative estimate of drug-likeness (QED) is 0.599. The number of carbonyl (C=O) groups is 1. The molecule has 2 rings (SSSR count). The lowest BCUT2D eigenvalue weighted by atomic mass is 10.1. The normalized spacial score (nSPS) is 11.5. The van der Waals surface area contributed by atoms with Crippen LogP contribution in [0.2, 0.25) is 0 Å². The summed E-state index contributed by atoms with van der Waals surface area (Å²) >= 11 is 0. The zero-order chi connectivity index (χ0) is 16.1. The van der Waals surface area contributed by atoms with Crippen LogP contribution in [0.3, 0.4) is 0 Å². The first-order valence-corrected chi connectivity index (χ1v) is 6.76. The lowest BCUT2D eigenvalue weighted by molar-refractivity contribution is -0.0498. The molecule has 0 saturated heterocycles. The molecule has 116 valence electrons. The van der Waals surface area contributed by atoms with Crippen LogP contribution in [0.5, 0.6) is 5.75 Å². The number of hydrogen-bond donors (Lipinski definition) is 0. The van der Waals surface area contributed by atoms with Gasteiger partial charge in [0.05, 0.1) is 18.2 Å². The molecule has 0 unspecified atom stereocenters. The second kappa shape index (κ2) is 6.98. The van der Waals surface area contributed by atoms with Crippen molar-refractivity contribution in [1.29, 1.82) is 0 Å². The van der Waals surface area contributed by atoms with E-state index in [0.717, 1.165) is 5.69 Å². The number of halogens is 2. The summed E-state index contributed by atoms with van der Waals surface area (Å²) in [5.41, 5.74) is 1.22. The SMILES string of the molecule is CC(C)n1cncc1C=CC(=O)c1ccc(OC(F)F)cc1. The molecule has 0 aliphatic rings. The number of imidazole rings is 1. The predicted octanol–water partition coefficient (Wildman–Crippen LogP) is 3.96. The minimum atomic E-state index is -2.88. The molecule has 6 heteroatoms. The van der Waals surface area contributed by atoms with E-state index in [1.54, 1.807) is 18.6 Å². The minimum absolute atomic E-state index is 0.0217. The van der Waals surface area contributed by atoms with Gasteiger partial charge in [-0.2, -0.15) is 8.78 Å². The first kappa shape index (κ1) is 15.9. The van der Waals surface area contributed by atoms with Crippen LogP contribution in [0, 0.1) is 0 Å². The molecule has 2 aromatic rings. The Morgan fingerprint density at radius 1 is 1.27 bits per heavy atom. The monoisotopic (exact) mass is 306 g/mol. The lowest BCUT2D eigenvalue weighted by Gasteiger charge is -2.08. The summed E-state index contributed by atoms with van der Waals surface area (Å²) < 4.78 is 30.3. The van der Waals surface area contributed by atoms with E-state index >= 15 is 0 Å². The lowest BCUT2D eigenvalue weighted by Crippen LogP contribution is -2.02. The van der Waals surface area contributed by atoms with E-state index in [-0.39, 0.29) is 17.6 Å². The summed E-state index contributed by atoms with van der Waals surface area (Å²) in [7, 11) is 0. The van der Waals surface area contributed by atoms with Crippen molar-refractivity contribution < 1.29 is 18.3 Å². The van der Waals surface area contributed by atoms with Crippen LogP contribution in [0.15, 0.2) is 42.9 Å². The van der Waals surface area contributed by atoms with Crippen LogP contribution in [0.4, 0.5) is 8.78 Å². The Labute approximate surface area is 127 Å². The Morgan fingerprint density at radius 2 is 1.95 bits per heavy atom. The number of alkyl halides is 2. The van der Waals surface area contributed by atoms with Crippen molar-refractivity contribution in [3.8, 4) is 5.75 Å². The minimum Gasteiger partial charge on any atom is -0.435 e. The van der Waals surface area contributed by atoms with Gasteiger partial charge in [0.1, 0.15) is 5.75 Å². The maximum absolute atomic E-state index is 12.1. The standard InChI is InChI=1S/C16H16F2N2O2/c1-11(2)20-10-19-9-13(20)5-8-15(21)12-3-6-14(7-4-12)22-16(17)18/h3-11,16H,1-2H3. The van der Waals surface area contributed by atoms with Crippen molar-refractivity contribution in [2.24, 2.45) is 0 Å². The summed E-state index contributed by atoms with van der Waals surface area (Å²) in [4.78, 5) is 16.1. The Hall–Kier alpha value is -2.50. The van der Waals surface area contributed by atoms with Gasteiger partial charge in [-0.25, -0.2) is 4.98 Å². The highest BCUT2D eigenvalue weighted by atomic mass is 19.3. The highest BCUT2D eigenvalue weighted by Crippen LogP contribution is 2.16. The van der Waals surface area contributed by atoms with Gasteiger partial charge in [-0.1, -0.05) is 0 Å². The van der Waals surface area contributed by atoms with E-state index in [2.05, 4.69) is 9.72 Å². The second-order valence-corrected chi connectivity index (χ2v) is 4.92. The molecular weight excluding hydrogens is 290 g/mol. The topological polar surface area (TPSA) is 44.1 Å². The van der Waals surface area contributed by atoms with Crippen molar-refractivity contribution in [3.05, 3.63) is 54.1 Å². The van der Waals surface area contributed by atoms with Crippen LogP contribution in [0.1, 0.15) is 35.9 Å². The van der Waals surface area contributed by atoms with Crippen molar-refractivity contribution >= 4 is 11.9 Å². The molecule has 0 aliphatic carbocycles. The maximum Gasteiger partial charge on any atom is 0.387 e. The van der Waals surface area contributed by atoms with E-state index in [9.17, 15) is 13.6 Å². The number of benzene rings is 1. The molecule has 22 heavy (non-hydrogen) atoms. The van der Waals surface area contributed by atoms with Crippen molar-refractivity contribution in [1.82, 2.24) is 9.55 Å². The molecule has 0 aliphatic heterocycles. The number of carbonyl (C=O) groups excluding carboxylic acids is 1. The van der Waals surface area contributed by atoms with Gasteiger partial charge in [0.15, 0.2) is 5.78 Å². The van der Waals surface area contributed by atoms with Gasteiger partial charge in [0.2, 0.25) is 0 Å². The number of hydrogen-bond acceptors (Lipinski definition) is 3. The molecule has 0 bridgehead atoms. The van der Waals surface area contributed by atoms with Crippen LogP contribution in [-0.2, 0) is 0 Å². The number of rotatable bonds is 6. The molecular formula is C16H16F2N2O2. The molecule has 0 fully saturated rings. The highest BCUT2D eigenvalue weighted by Gasteiger charge is 2.07. The molecule has 1 aromatic heterocycles. The number of ketones is 1. The Morgan fingerprint density at radius 3 is 2.55 bits per heavy atom. The number of ether oxygens (including phenoxy) is 1. The second-order valence-electron chi connectivity index (χ2n) is 4.92. The Balaban J connectivity index is 2.08. The van der Waals surface area contributed by atoms with Gasteiger partial charge in [0, 0.05) is 11.6 Å². The summed E-state index contributed by atoms with van der Waals surface area (Å²) in [6, 6.07) is 5.81. The molecule has 0 atom stereocenters. The molecule has 0 N–H and O–H groups in total. The fourth-order valence-electron chi connectivity index (χ4n) is 1.93. The summed E-state index contributed by atoms with van der Waals surface area (Å²) in [5, 5.41) is 0. The van der Waals surface area contributed by atoms with Crippen LogP contribution in [0.25, 0.3) is 6.08 Å². The van der Waals surface area contributed by atoms with Gasteiger partial charge in [0.25, 0.3) is 0 Å².